The summed E-state index contributed by atoms with van der Waals surface area (Å²) in [4.78, 5) is 32.5. The molecule has 0 fully saturated rings. The number of aromatic nitrogens is 4. The van der Waals surface area contributed by atoms with Crippen LogP contribution in [0.3, 0.4) is 0 Å². The van der Waals surface area contributed by atoms with E-state index in [-0.39, 0.29) is 10.4 Å². The Labute approximate surface area is 123 Å². The first-order valence-electron chi connectivity index (χ1n) is 6.16. The molecule has 21 heavy (non-hydrogen) atoms. The molecule has 108 valence electrons. The Balaban J connectivity index is 2.16. The molecule has 0 aromatic carbocycles. The zero-order valence-electron chi connectivity index (χ0n) is 11.4. The number of rotatable bonds is 3. The standard InChI is InChI=1S/C13H12N4O3S/c1-7-9-11(21-10(7)13(19)20)15-6-17(12(9)18)4-8-3-14-5-16(8)2/h3,5-6H,4H2,1-2H3,(H,19,20). The molecule has 0 amide bonds. The number of carboxylic acid groups (broad SMARTS) is 1. The molecule has 0 saturated carbocycles. The van der Waals surface area contributed by atoms with Crippen molar-refractivity contribution in [2.45, 2.75) is 13.5 Å². The minimum atomic E-state index is -1.03. The number of hydrogen-bond acceptors (Lipinski definition) is 5. The lowest BCUT2D eigenvalue weighted by Crippen LogP contribution is -2.22. The normalized spacial score (nSPS) is 11.1. The van der Waals surface area contributed by atoms with Crippen molar-refractivity contribution < 1.29 is 9.90 Å². The molecule has 8 heteroatoms. The average molecular weight is 304 g/mol. The molecule has 7 nitrogen and oxygen atoms in total. The summed E-state index contributed by atoms with van der Waals surface area (Å²) < 4.78 is 3.28. The van der Waals surface area contributed by atoms with Crippen molar-refractivity contribution in [1.82, 2.24) is 19.1 Å². The molecule has 0 saturated heterocycles. The predicted molar refractivity (Wildman–Crippen MR) is 77.9 cm³/mol. The van der Waals surface area contributed by atoms with E-state index in [4.69, 9.17) is 5.11 Å². The molecule has 3 rings (SSSR count). The average Bonchev–Trinajstić information content (AvgIpc) is 2.98. The van der Waals surface area contributed by atoms with Gasteiger partial charge in [0.15, 0.2) is 0 Å². The summed E-state index contributed by atoms with van der Waals surface area (Å²) in [5, 5.41) is 9.51. The second kappa shape index (κ2) is 4.81. The predicted octanol–water partition coefficient (Wildman–Crippen LogP) is 1.25. The summed E-state index contributed by atoms with van der Waals surface area (Å²) in [5.41, 5.74) is 1.10. The van der Waals surface area contributed by atoms with Crippen molar-refractivity contribution in [2.24, 2.45) is 7.05 Å². The zero-order valence-corrected chi connectivity index (χ0v) is 12.2. The van der Waals surface area contributed by atoms with Crippen LogP contribution in [0.2, 0.25) is 0 Å². The maximum Gasteiger partial charge on any atom is 0.346 e. The topological polar surface area (TPSA) is 90.0 Å². The fourth-order valence-corrected chi connectivity index (χ4v) is 3.17. The van der Waals surface area contributed by atoms with E-state index in [0.717, 1.165) is 17.0 Å². The first-order chi connectivity index (χ1) is 9.99. The molecule has 0 aliphatic heterocycles. The highest BCUT2D eigenvalue weighted by Gasteiger charge is 2.18. The van der Waals surface area contributed by atoms with E-state index >= 15 is 0 Å². The third-order valence-corrected chi connectivity index (χ3v) is 4.55. The first-order valence-corrected chi connectivity index (χ1v) is 6.97. The van der Waals surface area contributed by atoms with Gasteiger partial charge < -0.3 is 9.67 Å². The van der Waals surface area contributed by atoms with E-state index in [1.54, 1.807) is 19.4 Å². The largest absolute Gasteiger partial charge is 0.477 e. The van der Waals surface area contributed by atoms with Gasteiger partial charge >= 0.3 is 5.97 Å². The van der Waals surface area contributed by atoms with Crippen molar-refractivity contribution in [3.63, 3.8) is 0 Å². The van der Waals surface area contributed by atoms with Gasteiger partial charge in [-0.15, -0.1) is 11.3 Å². The lowest BCUT2D eigenvalue weighted by Gasteiger charge is -2.05. The van der Waals surface area contributed by atoms with Crippen molar-refractivity contribution in [1.29, 1.82) is 0 Å². The number of hydrogen-bond donors (Lipinski definition) is 1. The maximum absolute atomic E-state index is 12.5. The van der Waals surface area contributed by atoms with Crippen molar-refractivity contribution in [3.05, 3.63) is 45.3 Å². The first kappa shape index (κ1) is 13.5. The number of carboxylic acids is 1. The smallest absolute Gasteiger partial charge is 0.346 e. The van der Waals surface area contributed by atoms with Crippen molar-refractivity contribution in [3.8, 4) is 0 Å². The van der Waals surface area contributed by atoms with Crippen LogP contribution in [0.4, 0.5) is 0 Å². The van der Waals surface area contributed by atoms with Crippen molar-refractivity contribution in [2.75, 3.05) is 0 Å². The molecule has 0 spiro atoms. The SMILES string of the molecule is Cc1c(C(=O)O)sc2ncn(Cc3cncn3C)c(=O)c12. The number of aromatic carboxylic acids is 1. The van der Waals surface area contributed by atoms with E-state index in [2.05, 4.69) is 9.97 Å². The van der Waals surface area contributed by atoms with Crippen LogP contribution in [0.1, 0.15) is 20.9 Å². The molecular formula is C13H12N4O3S. The van der Waals surface area contributed by atoms with E-state index in [1.165, 1.54) is 10.9 Å². The molecule has 0 bridgehead atoms. The minimum absolute atomic E-state index is 0.160. The van der Waals surface area contributed by atoms with Crippen LogP contribution in [-0.2, 0) is 13.6 Å². The van der Waals surface area contributed by atoms with Gasteiger partial charge in [-0.25, -0.2) is 14.8 Å². The van der Waals surface area contributed by atoms with Crippen LogP contribution < -0.4 is 5.56 Å². The van der Waals surface area contributed by atoms with Crippen LogP contribution in [0, 0.1) is 6.92 Å². The molecule has 1 N–H and O–H groups in total. The van der Waals surface area contributed by atoms with Gasteiger partial charge in [-0.2, -0.15) is 0 Å². The highest BCUT2D eigenvalue weighted by Crippen LogP contribution is 2.26. The van der Waals surface area contributed by atoms with Gasteiger partial charge in [0.2, 0.25) is 0 Å². The number of fused-ring (bicyclic) bond motifs is 1. The van der Waals surface area contributed by atoms with Gasteiger partial charge in [0.1, 0.15) is 9.71 Å². The molecule has 0 aliphatic rings. The van der Waals surface area contributed by atoms with Crippen LogP contribution >= 0.6 is 11.3 Å². The monoisotopic (exact) mass is 304 g/mol. The highest BCUT2D eigenvalue weighted by molar-refractivity contribution is 7.20. The Morgan fingerprint density at radius 2 is 2.19 bits per heavy atom. The number of carbonyl (C=O) groups is 1. The molecule has 0 aliphatic carbocycles. The third-order valence-electron chi connectivity index (χ3n) is 3.36. The second-order valence-corrected chi connectivity index (χ2v) is 5.71. The minimum Gasteiger partial charge on any atom is -0.477 e. The zero-order chi connectivity index (χ0) is 15.1. The van der Waals surface area contributed by atoms with E-state index in [9.17, 15) is 9.59 Å². The Kier molecular flexibility index (Phi) is 3.09. The van der Waals surface area contributed by atoms with Gasteiger partial charge in [0, 0.05) is 13.2 Å². The quantitative estimate of drug-likeness (QED) is 0.786. The Morgan fingerprint density at radius 1 is 1.43 bits per heavy atom. The molecule has 0 unspecified atom stereocenters. The fraction of sp³-hybridized carbons (Fsp3) is 0.231. The molecule has 3 aromatic rings. The second-order valence-electron chi connectivity index (χ2n) is 4.71. The third kappa shape index (κ3) is 2.13. The van der Waals surface area contributed by atoms with Crippen LogP contribution in [0.15, 0.2) is 23.6 Å². The summed E-state index contributed by atoms with van der Waals surface area (Å²) in [6, 6.07) is 0. The maximum atomic E-state index is 12.5. The number of aryl methyl sites for hydroxylation is 2. The van der Waals surface area contributed by atoms with Crippen LogP contribution in [-0.4, -0.2) is 30.2 Å². The molecule has 0 radical (unpaired) electrons. The summed E-state index contributed by atoms with van der Waals surface area (Å²) in [6.07, 6.45) is 4.78. The van der Waals surface area contributed by atoms with E-state index in [0.29, 0.717) is 22.3 Å². The number of thiophene rings is 1. The number of nitrogens with zero attached hydrogens (tertiary/aromatic N) is 4. The summed E-state index contributed by atoms with van der Waals surface area (Å²) >= 11 is 1.02. The van der Waals surface area contributed by atoms with Gasteiger partial charge in [0.05, 0.1) is 30.3 Å². The van der Waals surface area contributed by atoms with Gasteiger partial charge in [0.25, 0.3) is 5.56 Å². The van der Waals surface area contributed by atoms with Crippen molar-refractivity contribution >= 4 is 27.5 Å². The number of imidazole rings is 1. The Morgan fingerprint density at radius 3 is 2.81 bits per heavy atom. The summed E-state index contributed by atoms with van der Waals surface area (Å²) in [5.74, 6) is -1.03. The highest BCUT2D eigenvalue weighted by atomic mass is 32.1. The van der Waals surface area contributed by atoms with E-state index < -0.39 is 5.97 Å². The lowest BCUT2D eigenvalue weighted by atomic mass is 10.2. The van der Waals surface area contributed by atoms with Crippen LogP contribution in [0.25, 0.3) is 10.2 Å². The molecule has 3 aromatic heterocycles. The van der Waals surface area contributed by atoms with Gasteiger partial charge in [-0.3, -0.25) is 9.36 Å². The van der Waals surface area contributed by atoms with Gasteiger partial charge in [-0.05, 0) is 12.5 Å². The lowest BCUT2D eigenvalue weighted by molar-refractivity contribution is 0.0701. The Hall–Kier alpha value is -2.48. The fourth-order valence-electron chi connectivity index (χ4n) is 2.19. The van der Waals surface area contributed by atoms with E-state index in [1.807, 2.05) is 11.6 Å². The summed E-state index contributed by atoms with van der Waals surface area (Å²) in [6.45, 7) is 1.98. The molecule has 0 atom stereocenters. The van der Waals surface area contributed by atoms with Gasteiger partial charge in [-0.1, -0.05) is 0 Å². The molecular weight excluding hydrogens is 292 g/mol. The van der Waals surface area contributed by atoms with Crippen LogP contribution in [0.5, 0.6) is 0 Å². The Bertz CT molecular complexity index is 906. The summed E-state index contributed by atoms with van der Waals surface area (Å²) in [7, 11) is 1.84. The molecule has 3 heterocycles.